The van der Waals surface area contributed by atoms with Gasteiger partial charge in [0.05, 0.1) is 12.3 Å². The summed E-state index contributed by atoms with van der Waals surface area (Å²) in [5.41, 5.74) is 0.876. The zero-order chi connectivity index (χ0) is 17.9. The third-order valence-corrected chi connectivity index (χ3v) is 4.56. The maximum Gasteiger partial charge on any atom is 0.150 e. The minimum Gasteiger partial charge on any atom is -0.491 e. The monoisotopic (exact) mass is 342 g/mol. The van der Waals surface area contributed by atoms with Gasteiger partial charge < -0.3 is 19.5 Å². The summed E-state index contributed by atoms with van der Waals surface area (Å²) in [6, 6.07) is 5.71. The molecule has 1 aliphatic carbocycles. The van der Waals surface area contributed by atoms with Crippen LogP contribution in [0.2, 0.25) is 0 Å². The fourth-order valence-electron chi connectivity index (χ4n) is 3.04. The average Bonchev–Trinajstić information content (AvgIpc) is 3.36. The van der Waals surface area contributed by atoms with Crippen LogP contribution in [0.1, 0.15) is 24.8 Å². The van der Waals surface area contributed by atoms with Gasteiger partial charge in [-0.25, -0.2) is 0 Å². The van der Waals surface area contributed by atoms with Crippen LogP contribution in [-0.2, 0) is 4.79 Å². The molecule has 3 rings (SSSR count). The van der Waals surface area contributed by atoms with Gasteiger partial charge in [0.1, 0.15) is 12.0 Å². The predicted octanol–water partition coefficient (Wildman–Crippen LogP) is 1.53. The number of aliphatic hydroxyl groups is 1. The molecule has 1 saturated carbocycles. The molecular weight excluding hydrogens is 316 g/mol. The number of carbonyl (C=O) groups is 1. The van der Waals surface area contributed by atoms with Crippen LogP contribution in [0.5, 0.6) is 5.75 Å². The molecule has 1 saturated heterocycles. The molecule has 0 bridgehead atoms. The van der Waals surface area contributed by atoms with Gasteiger partial charge >= 0.3 is 0 Å². The minimum atomic E-state index is -0.883. The largest absolute Gasteiger partial charge is 0.491 e. The van der Waals surface area contributed by atoms with Crippen LogP contribution in [0.4, 0.5) is 5.69 Å². The molecule has 0 aromatic heterocycles. The van der Waals surface area contributed by atoms with E-state index < -0.39 is 5.60 Å². The second kappa shape index (κ2) is 7.47. The third kappa shape index (κ3) is 4.75. The van der Waals surface area contributed by atoms with E-state index in [1.54, 1.807) is 0 Å². The van der Waals surface area contributed by atoms with Crippen molar-refractivity contribution < 1.29 is 14.6 Å². The highest BCUT2D eigenvalue weighted by atomic mass is 16.5. The van der Waals surface area contributed by atoms with Gasteiger partial charge in [-0.3, -0.25) is 4.90 Å². The zero-order valence-electron chi connectivity index (χ0n) is 15.0. The molecule has 0 amide bonds. The topological polar surface area (TPSA) is 53.0 Å². The van der Waals surface area contributed by atoms with E-state index in [2.05, 4.69) is 16.7 Å². The molecule has 2 aliphatic rings. The normalized spacial score (nSPS) is 18.7. The van der Waals surface area contributed by atoms with Gasteiger partial charge in [-0.15, -0.1) is 0 Å². The van der Waals surface area contributed by atoms with E-state index in [0.717, 1.165) is 35.7 Å². The van der Waals surface area contributed by atoms with E-state index in [0.29, 0.717) is 26.1 Å². The number of benzene rings is 1. The van der Waals surface area contributed by atoms with E-state index in [-0.39, 0.29) is 0 Å². The highest BCUT2D eigenvalue weighted by molar-refractivity contribution is 5.62. The van der Waals surface area contributed by atoms with Crippen molar-refractivity contribution in [3.05, 3.63) is 23.8 Å². The first-order chi connectivity index (χ1) is 12.0. The van der Waals surface area contributed by atoms with Crippen LogP contribution >= 0.6 is 0 Å². The van der Waals surface area contributed by atoms with Crippen LogP contribution in [0.25, 0.3) is 0 Å². The van der Waals surface area contributed by atoms with Crippen LogP contribution in [0.3, 0.4) is 0 Å². The predicted molar refractivity (Wildman–Crippen MR) is 97.9 cm³/mol. The molecule has 1 N–H and O–H groups in total. The molecule has 1 heterocycles. The molecule has 134 valence electrons. The number of anilines is 1. The maximum absolute atomic E-state index is 10.5. The van der Waals surface area contributed by atoms with Gasteiger partial charge in [0.15, 0.2) is 5.60 Å². The number of ether oxygens (including phenoxy) is 1. The Bertz CT molecular complexity index is 680. The average molecular weight is 342 g/mol. The van der Waals surface area contributed by atoms with Gasteiger partial charge in [0, 0.05) is 45.7 Å². The van der Waals surface area contributed by atoms with Crippen molar-refractivity contribution in [1.29, 1.82) is 0 Å². The number of aldehydes is 1. The SMILES string of the molecule is CN(C)c1cc(C#CC2(O)CN(CC3CC3)C2)ccc1OCCC=O. The second-order valence-electron chi connectivity index (χ2n) is 7.28. The first kappa shape index (κ1) is 17.8. The lowest BCUT2D eigenvalue weighted by molar-refractivity contribution is -0.108. The standard InChI is InChI=1S/C20H26N2O3/c1-21(2)18-12-16(6-7-19(18)25-11-3-10-23)8-9-20(24)14-22(15-20)13-17-4-5-17/h6-7,10,12,17,24H,3-5,11,13-15H2,1-2H3. The lowest BCUT2D eigenvalue weighted by Gasteiger charge is -2.43. The van der Waals surface area contributed by atoms with E-state index >= 15 is 0 Å². The molecule has 5 heteroatoms. The fourth-order valence-corrected chi connectivity index (χ4v) is 3.04. The number of likely N-dealkylation sites (tertiary alicyclic amines) is 1. The molecule has 2 fully saturated rings. The van der Waals surface area contributed by atoms with E-state index in [1.165, 1.54) is 12.8 Å². The van der Waals surface area contributed by atoms with Crippen molar-refractivity contribution in [2.75, 3.05) is 45.2 Å². The summed E-state index contributed by atoms with van der Waals surface area (Å²) < 4.78 is 5.65. The van der Waals surface area contributed by atoms with E-state index in [1.807, 2.05) is 37.2 Å². The third-order valence-electron chi connectivity index (χ3n) is 4.56. The summed E-state index contributed by atoms with van der Waals surface area (Å²) in [4.78, 5) is 14.7. The molecule has 0 unspecified atom stereocenters. The first-order valence-electron chi connectivity index (χ1n) is 8.85. The quantitative estimate of drug-likeness (QED) is 0.463. The maximum atomic E-state index is 10.5. The lowest BCUT2D eigenvalue weighted by atomic mass is 9.94. The summed E-state index contributed by atoms with van der Waals surface area (Å²) in [5, 5.41) is 10.5. The number of carbonyl (C=O) groups excluding carboxylic acids is 1. The Balaban J connectivity index is 1.64. The van der Waals surface area contributed by atoms with Gasteiger partial charge in [-0.05, 0) is 37.0 Å². The summed E-state index contributed by atoms with van der Waals surface area (Å²) in [6.45, 7) is 2.75. The summed E-state index contributed by atoms with van der Waals surface area (Å²) in [7, 11) is 3.88. The molecule has 0 spiro atoms. The highest BCUT2D eigenvalue weighted by Crippen LogP contribution is 2.33. The number of hydrogen-bond acceptors (Lipinski definition) is 5. The van der Waals surface area contributed by atoms with Gasteiger partial charge in [-0.2, -0.15) is 0 Å². The van der Waals surface area contributed by atoms with Crippen molar-refractivity contribution in [3.63, 3.8) is 0 Å². The zero-order valence-corrected chi connectivity index (χ0v) is 15.0. The van der Waals surface area contributed by atoms with E-state index in [4.69, 9.17) is 4.74 Å². The lowest BCUT2D eigenvalue weighted by Crippen LogP contribution is -2.61. The van der Waals surface area contributed by atoms with Crippen molar-refractivity contribution in [2.24, 2.45) is 5.92 Å². The first-order valence-corrected chi connectivity index (χ1v) is 8.85. The van der Waals surface area contributed by atoms with Crippen LogP contribution in [0, 0.1) is 17.8 Å². The summed E-state index contributed by atoms with van der Waals surface area (Å²) >= 11 is 0. The van der Waals surface area contributed by atoms with Crippen LogP contribution < -0.4 is 9.64 Å². The molecule has 1 aliphatic heterocycles. The Morgan fingerprint density at radius 1 is 1.40 bits per heavy atom. The minimum absolute atomic E-state index is 0.367. The molecule has 1 aromatic rings. The summed E-state index contributed by atoms with van der Waals surface area (Å²) in [5.74, 6) is 7.70. The van der Waals surface area contributed by atoms with Crippen molar-refractivity contribution >= 4 is 12.0 Å². The molecule has 0 radical (unpaired) electrons. The smallest absolute Gasteiger partial charge is 0.150 e. The Labute approximate surface area is 149 Å². The van der Waals surface area contributed by atoms with Crippen molar-refractivity contribution in [1.82, 2.24) is 4.90 Å². The highest BCUT2D eigenvalue weighted by Gasteiger charge is 2.41. The Morgan fingerprint density at radius 3 is 2.80 bits per heavy atom. The van der Waals surface area contributed by atoms with Gasteiger partial charge in [0.2, 0.25) is 0 Å². The second-order valence-corrected chi connectivity index (χ2v) is 7.28. The number of β-amino-alcohol motifs (C(OH)–C–C–N with tert-alkyl or cyclic N) is 1. The van der Waals surface area contributed by atoms with Crippen LogP contribution in [0.15, 0.2) is 18.2 Å². The molecule has 1 aromatic carbocycles. The van der Waals surface area contributed by atoms with Crippen molar-refractivity contribution in [2.45, 2.75) is 24.9 Å². The Kier molecular flexibility index (Phi) is 5.31. The van der Waals surface area contributed by atoms with E-state index in [9.17, 15) is 9.90 Å². The van der Waals surface area contributed by atoms with Crippen LogP contribution in [-0.4, -0.2) is 62.2 Å². The van der Waals surface area contributed by atoms with Gasteiger partial charge in [0.25, 0.3) is 0 Å². The summed E-state index contributed by atoms with van der Waals surface area (Å²) in [6.07, 6.45) is 3.88. The molecule has 0 atom stereocenters. The van der Waals surface area contributed by atoms with Gasteiger partial charge in [-0.1, -0.05) is 11.8 Å². The number of hydrogen-bond donors (Lipinski definition) is 1. The number of nitrogens with zero attached hydrogens (tertiary/aromatic N) is 2. The Hall–Kier alpha value is -2.03. The molecule has 5 nitrogen and oxygen atoms in total. The van der Waals surface area contributed by atoms with Crippen molar-refractivity contribution in [3.8, 4) is 17.6 Å². The molecule has 25 heavy (non-hydrogen) atoms. The fraction of sp³-hybridized carbons (Fsp3) is 0.550. The molecular formula is C20H26N2O3. The number of rotatable bonds is 7. The Morgan fingerprint density at radius 2 is 2.16 bits per heavy atom.